The lowest BCUT2D eigenvalue weighted by Gasteiger charge is -2.11. The second-order valence-corrected chi connectivity index (χ2v) is 3.23. The molecule has 1 aliphatic rings. The Kier molecular flexibility index (Phi) is 3.95. The summed E-state index contributed by atoms with van der Waals surface area (Å²) < 4.78 is 0. The molecule has 1 atom stereocenters. The summed E-state index contributed by atoms with van der Waals surface area (Å²) in [5, 5.41) is 0. The molecule has 0 radical (unpaired) electrons. The molecule has 0 heterocycles. The molecule has 0 N–H and O–H groups in total. The largest absolute Gasteiger partial charge is 0.303 e. The van der Waals surface area contributed by atoms with Crippen molar-refractivity contribution in [2.45, 2.75) is 38.5 Å². The molecule has 0 aliphatic heterocycles. The molecule has 0 spiro atoms. The van der Waals surface area contributed by atoms with Gasteiger partial charge in [0.25, 0.3) is 0 Å². The molecule has 1 heteroatoms. The van der Waals surface area contributed by atoms with E-state index in [-0.39, 0.29) is 0 Å². The molecule has 11 heavy (non-hydrogen) atoms. The van der Waals surface area contributed by atoms with E-state index in [2.05, 4.69) is 12.2 Å². The highest BCUT2D eigenvalue weighted by atomic mass is 16.1. The van der Waals surface area contributed by atoms with E-state index in [1.54, 1.807) is 0 Å². The average Bonchev–Trinajstić information content (AvgIpc) is 1.94. The van der Waals surface area contributed by atoms with E-state index in [1.807, 2.05) is 0 Å². The van der Waals surface area contributed by atoms with E-state index in [4.69, 9.17) is 0 Å². The summed E-state index contributed by atoms with van der Waals surface area (Å²) in [6.45, 7) is 0. The van der Waals surface area contributed by atoms with Crippen LogP contribution in [0.2, 0.25) is 0 Å². The van der Waals surface area contributed by atoms with Crippen molar-refractivity contribution in [2.75, 3.05) is 0 Å². The summed E-state index contributed by atoms with van der Waals surface area (Å²) in [6.07, 6.45) is 12.6. The first-order chi connectivity index (χ1) is 5.43. The van der Waals surface area contributed by atoms with Gasteiger partial charge in [0.05, 0.1) is 0 Å². The van der Waals surface area contributed by atoms with Crippen LogP contribution in [0.25, 0.3) is 0 Å². The van der Waals surface area contributed by atoms with Crippen molar-refractivity contribution in [2.24, 2.45) is 5.92 Å². The van der Waals surface area contributed by atoms with Crippen LogP contribution in [0.3, 0.4) is 0 Å². The van der Waals surface area contributed by atoms with Gasteiger partial charge in [-0.2, -0.15) is 0 Å². The standard InChI is InChI=1S/C10H16O/c11-9-8-10-6-4-2-1-3-5-7-10/h4,6,9-10H,1-3,5,7-8H2/b6-4+. The van der Waals surface area contributed by atoms with Gasteiger partial charge < -0.3 is 4.79 Å². The lowest BCUT2D eigenvalue weighted by molar-refractivity contribution is -0.108. The van der Waals surface area contributed by atoms with Crippen LogP contribution in [0.4, 0.5) is 0 Å². The zero-order chi connectivity index (χ0) is 7.94. The quantitative estimate of drug-likeness (QED) is 0.439. The molecule has 1 unspecified atom stereocenters. The number of carbonyl (C=O) groups excluding carboxylic acids is 1. The minimum Gasteiger partial charge on any atom is -0.303 e. The minimum absolute atomic E-state index is 0.535. The summed E-state index contributed by atoms with van der Waals surface area (Å²) in [6, 6.07) is 0. The van der Waals surface area contributed by atoms with Crippen LogP contribution in [-0.2, 0) is 4.79 Å². The van der Waals surface area contributed by atoms with E-state index in [1.165, 1.54) is 32.1 Å². The Morgan fingerprint density at radius 1 is 1.36 bits per heavy atom. The summed E-state index contributed by atoms with van der Waals surface area (Å²) in [7, 11) is 0. The van der Waals surface area contributed by atoms with E-state index >= 15 is 0 Å². The Morgan fingerprint density at radius 2 is 2.27 bits per heavy atom. The van der Waals surface area contributed by atoms with E-state index < -0.39 is 0 Å². The van der Waals surface area contributed by atoms with Crippen molar-refractivity contribution in [1.82, 2.24) is 0 Å². The van der Waals surface area contributed by atoms with E-state index in [0.717, 1.165) is 12.7 Å². The highest BCUT2D eigenvalue weighted by Crippen LogP contribution is 2.18. The number of allylic oxidation sites excluding steroid dienone is 2. The van der Waals surface area contributed by atoms with Crippen LogP contribution in [-0.4, -0.2) is 6.29 Å². The molecular formula is C10H16O. The molecule has 0 fully saturated rings. The third-order valence-corrected chi connectivity index (χ3v) is 2.25. The van der Waals surface area contributed by atoms with Gasteiger partial charge in [0.2, 0.25) is 0 Å². The molecule has 0 bridgehead atoms. The Hall–Kier alpha value is -0.590. The molecule has 1 rings (SSSR count). The molecular weight excluding hydrogens is 136 g/mol. The first-order valence-corrected chi connectivity index (χ1v) is 4.54. The molecule has 0 aromatic carbocycles. The highest BCUT2D eigenvalue weighted by molar-refractivity contribution is 5.50. The van der Waals surface area contributed by atoms with Crippen LogP contribution >= 0.6 is 0 Å². The molecule has 0 saturated heterocycles. The SMILES string of the molecule is O=CCC1/C=C/CCCCC1. The predicted octanol–water partition coefficient (Wildman–Crippen LogP) is 2.71. The summed E-state index contributed by atoms with van der Waals surface area (Å²) in [5.41, 5.74) is 0. The number of carbonyl (C=O) groups is 1. The summed E-state index contributed by atoms with van der Waals surface area (Å²) in [4.78, 5) is 10.2. The van der Waals surface area contributed by atoms with Gasteiger partial charge in [0.1, 0.15) is 6.29 Å². The average molecular weight is 152 g/mol. The maximum absolute atomic E-state index is 10.2. The molecule has 0 saturated carbocycles. The van der Waals surface area contributed by atoms with Crippen LogP contribution in [0, 0.1) is 5.92 Å². The molecule has 0 aromatic heterocycles. The maximum Gasteiger partial charge on any atom is 0.120 e. The van der Waals surface area contributed by atoms with Crippen LogP contribution in [0.1, 0.15) is 38.5 Å². The topological polar surface area (TPSA) is 17.1 Å². The predicted molar refractivity (Wildman–Crippen MR) is 46.4 cm³/mol. The van der Waals surface area contributed by atoms with Crippen LogP contribution < -0.4 is 0 Å². The third-order valence-electron chi connectivity index (χ3n) is 2.25. The van der Waals surface area contributed by atoms with E-state index in [9.17, 15) is 4.79 Å². The van der Waals surface area contributed by atoms with E-state index in [0.29, 0.717) is 5.92 Å². The van der Waals surface area contributed by atoms with Crippen molar-refractivity contribution in [3.05, 3.63) is 12.2 Å². The van der Waals surface area contributed by atoms with Gasteiger partial charge in [-0.05, 0) is 25.2 Å². The molecule has 1 aliphatic carbocycles. The normalized spacial score (nSPS) is 28.5. The monoisotopic (exact) mass is 152 g/mol. The molecule has 62 valence electrons. The Morgan fingerprint density at radius 3 is 3.09 bits per heavy atom. The summed E-state index contributed by atoms with van der Waals surface area (Å²) >= 11 is 0. The number of hydrogen-bond donors (Lipinski definition) is 0. The fourth-order valence-corrected chi connectivity index (χ4v) is 1.55. The first-order valence-electron chi connectivity index (χ1n) is 4.54. The second-order valence-electron chi connectivity index (χ2n) is 3.23. The molecule has 0 amide bonds. The van der Waals surface area contributed by atoms with Crippen molar-refractivity contribution in [1.29, 1.82) is 0 Å². The minimum atomic E-state index is 0.535. The van der Waals surface area contributed by atoms with Crippen molar-refractivity contribution < 1.29 is 4.79 Å². The lowest BCUT2D eigenvalue weighted by Crippen LogP contribution is -1.99. The van der Waals surface area contributed by atoms with Gasteiger partial charge >= 0.3 is 0 Å². The van der Waals surface area contributed by atoms with Gasteiger partial charge in [-0.1, -0.05) is 25.0 Å². The Balaban J connectivity index is 2.35. The van der Waals surface area contributed by atoms with Gasteiger partial charge in [0.15, 0.2) is 0 Å². The van der Waals surface area contributed by atoms with Gasteiger partial charge in [0, 0.05) is 6.42 Å². The fraction of sp³-hybridized carbons (Fsp3) is 0.700. The first kappa shape index (κ1) is 8.51. The zero-order valence-electron chi connectivity index (χ0n) is 6.96. The highest BCUT2D eigenvalue weighted by Gasteiger charge is 2.05. The summed E-state index contributed by atoms with van der Waals surface area (Å²) in [5.74, 6) is 0.535. The van der Waals surface area contributed by atoms with Crippen molar-refractivity contribution >= 4 is 6.29 Å². The molecule has 1 nitrogen and oxygen atoms in total. The number of rotatable bonds is 2. The van der Waals surface area contributed by atoms with Gasteiger partial charge in [-0.3, -0.25) is 0 Å². The third kappa shape index (κ3) is 3.35. The smallest absolute Gasteiger partial charge is 0.120 e. The number of hydrogen-bond acceptors (Lipinski definition) is 1. The lowest BCUT2D eigenvalue weighted by atomic mass is 9.95. The Labute approximate surface area is 68.5 Å². The van der Waals surface area contributed by atoms with Gasteiger partial charge in [-0.15, -0.1) is 0 Å². The fourth-order valence-electron chi connectivity index (χ4n) is 1.55. The number of aldehydes is 1. The maximum atomic E-state index is 10.2. The zero-order valence-corrected chi connectivity index (χ0v) is 6.96. The van der Waals surface area contributed by atoms with Crippen molar-refractivity contribution in [3.63, 3.8) is 0 Å². The molecule has 0 aromatic rings. The second kappa shape index (κ2) is 5.11. The Bertz CT molecular complexity index is 138. The van der Waals surface area contributed by atoms with Crippen LogP contribution in [0.15, 0.2) is 12.2 Å². The van der Waals surface area contributed by atoms with Crippen LogP contribution in [0.5, 0.6) is 0 Å². The van der Waals surface area contributed by atoms with Gasteiger partial charge in [-0.25, -0.2) is 0 Å². The van der Waals surface area contributed by atoms with Crippen molar-refractivity contribution in [3.8, 4) is 0 Å².